The Labute approximate surface area is 121 Å². The summed E-state index contributed by atoms with van der Waals surface area (Å²) < 4.78 is 17.2. The minimum absolute atomic E-state index is 0.00735. The van der Waals surface area contributed by atoms with Gasteiger partial charge in [0.15, 0.2) is 17.8 Å². The summed E-state index contributed by atoms with van der Waals surface area (Å²) in [5, 5.41) is 9.51. The van der Waals surface area contributed by atoms with E-state index in [4.69, 9.17) is 4.74 Å². The molecule has 0 aliphatic carbocycles. The first-order valence-electron chi connectivity index (χ1n) is 7.27. The molecule has 1 aromatic carbocycles. The topological polar surface area (TPSA) is 66.8 Å². The van der Waals surface area contributed by atoms with Gasteiger partial charge in [0.2, 0.25) is 7.37 Å². The lowest BCUT2D eigenvalue weighted by molar-refractivity contribution is 0.329. The van der Waals surface area contributed by atoms with Crippen LogP contribution in [0.2, 0.25) is 0 Å². The van der Waals surface area contributed by atoms with Gasteiger partial charge in [0.1, 0.15) is 0 Å². The van der Waals surface area contributed by atoms with E-state index in [1.807, 2.05) is 0 Å². The molecule has 0 fully saturated rings. The van der Waals surface area contributed by atoms with Gasteiger partial charge in [-0.05, 0) is 18.6 Å². The van der Waals surface area contributed by atoms with Crippen LogP contribution in [0.3, 0.4) is 0 Å². The lowest BCUT2D eigenvalue weighted by atomic mass is 10.1. The molecule has 0 aliphatic heterocycles. The fraction of sp³-hybridized carbons (Fsp3) is 0.600. The number of unbranched alkanes of at least 4 members (excludes halogenated alkanes) is 5. The molecule has 1 aromatic rings. The molecule has 0 spiro atoms. The number of ether oxygens (including phenoxy) is 1. The quantitative estimate of drug-likeness (QED) is 0.497. The van der Waals surface area contributed by atoms with Crippen LogP contribution in [0.4, 0.5) is 0 Å². The Kier molecular flexibility index (Phi) is 7.71. The molecule has 0 radical (unpaired) electrons. The minimum atomic E-state index is -3.27. The van der Waals surface area contributed by atoms with Crippen molar-refractivity contribution in [3.05, 3.63) is 24.3 Å². The molecule has 2 N–H and O–H groups in total. The van der Waals surface area contributed by atoms with E-state index in [0.717, 1.165) is 19.3 Å². The Morgan fingerprint density at radius 1 is 1.10 bits per heavy atom. The number of para-hydroxylation sites is 2. The number of rotatable bonds is 10. The van der Waals surface area contributed by atoms with E-state index in [1.54, 1.807) is 18.2 Å². The number of benzene rings is 1. The van der Waals surface area contributed by atoms with Crippen molar-refractivity contribution in [3.63, 3.8) is 0 Å². The average molecular weight is 300 g/mol. The van der Waals surface area contributed by atoms with Gasteiger partial charge in [0.25, 0.3) is 0 Å². The highest BCUT2D eigenvalue weighted by Gasteiger charge is 2.19. The second-order valence-corrected chi connectivity index (χ2v) is 7.48. The van der Waals surface area contributed by atoms with Crippen molar-refractivity contribution < 1.29 is 19.3 Å². The van der Waals surface area contributed by atoms with Gasteiger partial charge in [-0.15, -0.1) is 0 Å². The van der Waals surface area contributed by atoms with E-state index in [1.165, 1.54) is 25.3 Å². The third-order valence-electron chi connectivity index (χ3n) is 3.15. The van der Waals surface area contributed by atoms with E-state index in [2.05, 4.69) is 6.92 Å². The molecule has 0 amide bonds. The van der Waals surface area contributed by atoms with Crippen molar-refractivity contribution >= 4 is 7.37 Å². The van der Waals surface area contributed by atoms with Crippen molar-refractivity contribution in [2.45, 2.75) is 45.4 Å². The normalized spacial score (nSPS) is 13.9. The van der Waals surface area contributed by atoms with Crippen molar-refractivity contribution in [3.8, 4) is 11.5 Å². The van der Waals surface area contributed by atoms with Crippen LogP contribution in [0.1, 0.15) is 45.4 Å². The first kappa shape index (κ1) is 17.1. The Balaban J connectivity index is 2.24. The fourth-order valence-electron chi connectivity index (χ4n) is 1.95. The zero-order valence-electron chi connectivity index (χ0n) is 12.1. The molecule has 1 unspecified atom stereocenters. The van der Waals surface area contributed by atoms with Crippen molar-refractivity contribution in [1.29, 1.82) is 0 Å². The Morgan fingerprint density at radius 2 is 1.75 bits per heavy atom. The summed E-state index contributed by atoms with van der Waals surface area (Å²) >= 11 is 0. The summed E-state index contributed by atoms with van der Waals surface area (Å²) in [6.45, 7) is 2.16. The highest BCUT2D eigenvalue weighted by molar-refractivity contribution is 7.57. The zero-order valence-corrected chi connectivity index (χ0v) is 13.0. The maximum atomic E-state index is 11.9. The Bertz CT molecular complexity index is 434. The van der Waals surface area contributed by atoms with E-state index < -0.39 is 7.37 Å². The summed E-state index contributed by atoms with van der Waals surface area (Å²) in [7, 11) is -3.27. The molecule has 1 rings (SSSR count). The number of phenols is 1. The summed E-state index contributed by atoms with van der Waals surface area (Å²) in [5.41, 5.74) is 0. The van der Waals surface area contributed by atoms with Crippen LogP contribution in [0.5, 0.6) is 11.5 Å². The molecule has 20 heavy (non-hydrogen) atoms. The fourth-order valence-corrected chi connectivity index (χ4v) is 3.14. The molecule has 0 heterocycles. The maximum Gasteiger partial charge on any atom is 0.236 e. The van der Waals surface area contributed by atoms with Crippen LogP contribution in [-0.2, 0) is 4.57 Å². The molecular weight excluding hydrogens is 275 g/mol. The van der Waals surface area contributed by atoms with Gasteiger partial charge >= 0.3 is 0 Å². The van der Waals surface area contributed by atoms with Gasteiger partial charge in [0.05, 0.1) is 0 Å². The highest BCUT2D eigenvalue weighted by atomic mass is 31.2. The number of phenolic OH excluding ortho intramolecular Hbond substituents is 1. The largest absolute Gasteiger partial charge is 0.504 e. The van der Waals surface area contributed by atoms with Gasteiger partial charge in [-0.1, -0.05) is 51.2 Å². The molecule has 1 atom stereocenters. The van der Waals surface area contributed by atoms with Crippen LogP contribution in [-0.4, -0.2) is 22.5 Å². The molecule has 4 nitrogen and oxygen atoms in total. The van der Waals surface area contributed by atoms with Gasteiger partial charge in [-0.25, -0.2) is 0 Å². The van der Waals surface area contributed by atoms with Gasteiger partial charge in [0, 0.05) is 6.16 Å². The van der Waals surface area contributed by atoms with Crippen LogP contribution < -0.4 is 4.74 Å². The van der Waals surface area contributed by atoms with E-state index in [-0.39, 0.29) is 24.0 Å². The molecule has 0 aromatic heterocycles. The standard InChI is InChI=1S/C15H25O4P/c1-2-3-4-5-6-9-12-20(17,18)13-19-15-11-8-7-10-14(15)16/h7-8,10-11,16H,2-6,9,12-13H2,1H3,(H,17,18). The number of hydrogen-bond acceptors (Lipinski definition) is 3. The van der Waals surface area contributed by atoms with Crippen molar-refractivity contribution in [2.75, 3.05) is 12.5 Å². The van der Waals surface area contributed by atoms with Gasteiger partial charge in [-0.3, -0.25) is 4.57 Å². The maximum absolute atomic E-state index is 11.9. The van der Waals surface area contributed by atoms with Gasteiger partial charge < -0.3 is 14.7 Å². The molecule has 5 heteroatoms. The minimum Gasteiger partial charge on any atom is -0.504 e. The first-order chi connectivity index (χ1) is 9.55. The zero-order chi connectivity index (χ0) is 14.8. The van der Waals surface area contributed by atoms with Crippen LogP contribution in [0, 0.1) is 0 Å². The lowest BCUT2D eigenvalue weighted by Gasteiger charge is -2.13. The first-order valence-corrected chi connectivity index (χ1v) is 9.30. The second-order valence-electron chi connectivity index (χ2n) is 5.08. The summed E-state index contributed by atoms with van der Waals surface area (Å²) in [6.07, 6.45) is 6.53. The molecular formula is C15H25O4P. The van der Waals surface area contributed by atoms with Crippen LogP contribution >= 0.6 is 7.37 Å². The van der Waals surface area contributed by atoms with Crippen molar-refractivity contribution in [2.24, 2.45) is 0 Å². The molecule has 0 saturated heterocycles. The molecule has 0 bridgehead atoms. The number of hydrogen-bond donors (Lipinski definition) is 2. The van der Waals surface area contributed by atoms with E-state index >= 15 is 0 Å². The summed E-state index contributed by atoms with van der Waals surface area (Å²) in [6, 6.07) is 6.47. The molecule has 0 aliphatic rings. The lowest BCUT2D eigenvalue weighted by Crippen LogP contribution is -2.02. The smallest absolute Gasteiger partial charge is 0.236 e. The SMILES string of the molecule is CCCCCCCCP(=O)(O)COc1ccccc1O. The summed E-state index contributed by atoms with van der Waals surface area (Å²) in [4.78, 5) is 9.82. The Morgan fingerprint density at radius 3 is 2.45 bits per heavy atom. The van der Waals surface area contributed by atoms with Crippen LogP contribution in [0.15, 0.2) is 24.3 Å². The third-order valence-corrected chi connectivity index (χ3v) is 4.70. The molecule has 114 valence electrons. The van der Waals surface area contributed by atoms with E-state index in [9.17, 15) is 14.6 Å². The molecule has 0 saturated carbocycles. The summed E-state index contributed by atoms with van der Waals surface area (Å²) in [5.74, 6) is 0.247. The monoisotopic (exact) mass is 300 g/mol. The predicted octanol–water partition coefficient (Wildman–Crippen LogP) is 4.36. The van der Waals surface area contributed by atoms with Gasteiger partial charge in [-0.2, -0.15) is 0 Å². The average Bonchev–Trinajstić information content (AvgIpc) is 2.42. The Hall–Kier alpha value is -0.990. The highest BCUT2D eigenvalue weighted by Crippen LogP contribution is 2.42. The predicted molar refractivity (Wildman–Crippen MR) is 81.7 cm³/mol. The second kappa shape index (κ2) is 9.04. The number of aromatic hydroxyl groups is 1. The van der Waals surface area contributed by atoms with Crippen LogP contribution in [0.25, 0.3) is 0 Å². The van der Waals surface area contributed by atoms with Crippen molar-refractivity contribution in [1.82, 2.24) is 0 Å². The third kappa shape index (κ3) is 6.97. The van der Waals surface area contributed by atoms with E-state index in [0.29, 0.717) is 0 Å².